The molecular formula is C7H12N. The van der Waals surface area contributed by atoms with Gasteiger partial charge in [-0.25, -0.2) is 0 Å². The Kier molecular flexibility index (Phi) is 2.10. The highest BCUT2D eigenvalue weighted by atomic mass is 14.9. The molecular weight excluding hydrogens is 98.1 g/mol. The minimum absolute atomic E-state index is 0.663. The first-order valence-electron chi connectivity index (χ1n) is 3.17. The third kappa shape index (κ3) is 1.34. The van der Waals surface area contributed by atoms with E-state index in [2.05, 4.69) is 18.0 Å². The SMILES string of the molecule is C=[C]C1CCNCC1. The Morgan fingerprint density at radius 1 is 1.38 bits per heavy atom. The molecule has 0 saturated carbocycles. The van der Waals surface area contributed by atoms with Crippen LogP contribution in [0, 0.1) is 12.0 Å². The van der Waals surface area contributed by atoms with Crippen molar-refractivity contribution in [2.75, 3.05) is 13.1 Å². The molecule has 1 aliphatic rings. The molecule has 1 rings (SSSR count). The quantitative estimate of drug-likeness (QED) is 0.530. The van der Waals surface area contributed by atoms with Gasteiger partial charge in [-0.1, -0.05) is 6.58 Å². The van der Waals surface area contributed by atoms with Crippen molar-refractivity contribution in [1.82, 2.24) is 5.32 Å². The Bertz CT molecular complexity index is 72.5. The van der Waals surface area contributed by atoms with E-state index in [1.807, 2.05) is 0 Å². The molecule has 1 radical (unpaired) electrons. The van der Waals surface area contributed by atoms with Crippen LogP contribution in [0.2, 0.25) is 0 Å². The van der Waals surface area contributed by atoms with Gasteiger partial charge in [-0.05, 0) is 37.9 Å². The first-order chi connectivity index (χ1) is 3.93. The Morgan fingerprint density at radius 3 is 2.38 bits per heavy atom. The van der Waals surface area contributed by atoms with E-state index in [-0.39, 0.29) is 0 Å². The second-order valence-electron chi connectivity index (χ2n) is 2.23. The number of rotatable bonds is 1. The smallest absolute Gasteiger partial charge is 0.00431 e. The molecule has 0 bridgehead atoms. The van der Waals surface area contributed by atoms with Gasteiger partial charge in [-0.2, -0.15) is 0 Å². The van der Waals surface area contributed by atoms with Gasteiger partial charge in [-0.15, -0.1) is 0 Å². The van der Waals surface area contributed by atoms with Gasteiger partial charge in [0, 0.05) is 0 Å². The molecule has 1 heteroatoms. The van der Waals surface area contributed by atoms with Crippen LogP contribution in [-0.2, 0) is 0 Å². The molecule has 0 spiro atoms. The summed E-state index contributed by atoms with van der Waals surface area (Å²) in [7, 11) is 0. The molecule has 1 aliphatic heterocycles. The molecule has 1 fully saturated rings. The summed E-state index contributed by atoms with van der Waals surface area (Å²) >= 11 is 0. The maximum absolute atomic E-state index is 3.63. The summed E-state index contributed by atoms with van der Waals surface area (Å²) < 4.78 is 0. The van der Waals surface area contributed by atoms with Crippen LogP contribution in [-0.4, -0.2) is 13.1 Å². The third-order valence-electron chi connectivity index (χ3n) is 1.63. The topological polar surface area (TPSA) is 12.0 Å². The van der Waals surface area contributed by atoms with Crippen molar-refractivity contribution < 1.29 is 0 Å². The van der Waals surface area contributed by atoms with Crippen molar-refractivity contribution in [3.8, 4) is 0 Å². The molecule has 1 nitrogen and oxygen atoms in total. The molecule has 1 heterocycles. The van der Waals surface area contributed by atoms with E-state index in [9.17, 15) is 0 Å². The number of nitrogens with one attached hydrogen (secondary N) is 1. The molecule has 0 atom stereocenters. The van der Waals surface area contributed by atoms with Gasteiger partial charge in [0.2, 0.25) is 0 Å². The van der Waals surface area contributed by atoms with Crippen molar-refractivity contribution in [2.45, 2.75) is 12.8 Å². The highest BCUT2D eigenvalue weighted by Gasteiger charge is 2.07. The molecule has 0 unspecified atom stereocenters. The lowest BCUT2D eigenvalue weighted by atomic mass is 9.99. The van der Waals surface area contributed by atoms with Gasteiger partial charge >= 0.3 is 0 Å². The third-order valence-corrected chi connectivity index (χ3v) is 1.63. The van der Waals surface area contributed by atoms with Gasteiger partial charge in [0.1, 0.15) is 0 Å². The predicted molar refractivity (Wildman–Crippen MR) is 34.5 cm³/mol. The van der Waals surface area contributed by atoms with Gasteiger partial charge in [-0.3, -0.25) is 0 Å². The van der Waals surface area contributed by atoms with E-state index in [0.29, 0.717) is 5.92 Å². The number of hydrogen-bond acceptors (Lipinski definition) is 1. The van der Waals surface area contributed by atoms with Crippen molar-refractivity contribution in [3.63, 3.8) is 0 Å². The van der Waals surface area contributed by atoms with Crippen molar-refractivity contribution in [3.05, 3.63) is 12.7 Å². The van der Waals surface area contributed by atoms with Crippen molar-refractivity contribution >= 4 is 0 Å². The number of hydrogen-bond donors (Lipinski definition) is 1. The van der Waals surface area contributed by atoms with Crippen LogP contribution in [0.1, 0.15) is 12.8 Å². The molecule has 45 valence electrons. The van der Waals surface area contributed by atoms with Gasteiger partial charge in [0.15, 0.2) is 0 Å². The normalized spacial score (nSPS) is 23.0. The zero-order chi connectivity index (χ0) is 5.82. The van der Waals surface area contributed by atoms with Crippen molar-refractivity contribution in [2.24, 2.45) is 5.92 Å². The van der Waals surface area contributed by atoms with E-state index in [0.717, 1.165) is 13.1 Å². The summed E-state index contributed by atoms with van der Waals surface area (Å²) in [6.45, 7) is 5.92. The highest BCUT2D eigenvalue weighted by Crippen LogP contribution is 2.10. The van der Waals surface area contributed by atoms with Gasteiger partial charge < -0.3 is 5.32 Å². The summed E-state index contributed by atoms with van der Waals surface area (Å²) in [5.74, 6) is 0.663. The predicted octanol–water partition coefficient (Wildman–Crippen LogP) is 0.975. The lowest BCUT2D eigenvalue weighted by molar-refractivity contribution is 0.429. The number of allylic oxidation sites excluding steroid dienone is 1. The molecule has 1 N–H and O–H groups in total. The maximum Gasteiger partial charge on any atom is -0.00431 e. The molecule has 1 saturated heterocycles. The Balaban J connectivity index is 2.22. The summed E-state index contributed by atoms with van der Waals surface area (Å²) in [6.07, 6.45) is 5.47. The summed E-state index contributed by atoms with van der Waals surface area (Å²) in [4.78, 5) is 0. The maximum atomic E-state index is 3.63. The Morgan fingerprint density at radius 2 is 2.00 bits per heavy atom. The fourth-order valence-electron chi connectivity index (χ4n) is 1.03. The van der Waals surface area contributed by atoms with E-state index in [1.165, 1.54) is 12.8 Å². The molecule has 0 aromatic heterocycles. The molecule has 0 aromatic rings. The largest absolute Gasteiger partial charge is 0.317 e. The molecule has 8 heavy (non-hydrogen) atoms. The first kappa shape index (κ1) is 5.83. The monoisotopic (exact) mass is 110 g/mol. The van der Waals surface area contributed by atoms with E-state index in [4.69, 9.17) is 0 Å². The fourth-order valence-corrected chi connectivity index (χ4v) is 1.03. The van der Waals surface area contributed by atoms with Crippen LogP contribution in [0.5, 0.6) is 0 Å². The van der Waals surface area contributed by atoms with Crippen LogP contribution in [0.3, 0.4) is 0 Å². The van der Waals surface area contributed by atoms with E-state index in [1.54, 1.807) is 0 Å². The van der Waals surface area contributed by atoms with Gasteiger partial charge in [0.25, 0.3) is 0 Å². The lowest BCUT2D eigenvalue weighted by Crippen LogP contribution is -2.26. The first-order valence-corrected chi connectivity index (χ1v) is 3.17. The molecule has 0 aliphatic carbocycles. The fraction of sp³-hybridized carbons (Fsp3) is 0.714. The minimum Gasteiger partial charge on any atom is -0.317 e. The van der Waals surface area contributed by atoms with Gasteiger partial charge in [0.05, 0.1) is 0 Å². The van der Waals surface area contributed by atoms with E-state index >= 15 is 0 Å². The molecule has 0 amide bonds. The molecule has 0 aromatic carbocycles. The highest BCUT2D eigenvalue weighted by molar-refractivity contribution is 4.75. The summed E-state index contributed by atoms with van der Waals surface area (Å²) in [5.41, 5.74) is 0. The zero-order valence-corrected chi connectivity index (χ0v) is 5.11. The average molecular weight is 110 g/mol. The summed E-state index contributed by atoms with van der Waals surface area (Å²) in [6, 6.07) is 0. The standard InChI is InChI=1S/C7H12N/c1-2-7-3-5-8-6-4-7/h7-8H,1,3-6H2. The number of piperidine rings is 1. The average Bonchev–Trinajstić information content (AvgIpc) is 1.90. The Hall–Kier alpha value is -0.300. The summed E-state index contributed by atoms with van der Waals surface area (Å²) in [5, 5.41) is 3.28. The van der Waals surface area contributed by atoms with E-state index < -0.39 is 0 Å². The van der Waals surface area contributed by atoms with Crippen LogP contribution < -0.4 is 5.32 Å². The van der Waals surface area contributed by atoms with Crippen molar-refractivity contribution in [1.29, 1.82) is 0 Å². The second kappa shape index (κ2) is 2.88. The van der Waals surface area contributed by atoms with Crippen LogP contribution in [0.4, 0.5) is 0 Å². The lowest BCUT2D eigenvalue weighted by Gasteiger charge is -2.17. The Labute approximate surface area is 50.8 Å². The second-order valence-corrected chi connectivity index (χ2v) is 2.23. The minimum atomic E-state index is 0.663. The van der Waals surface area contributed by atoms with Crippen LogP contribution >= 0.6 is 0 Å². The zero-order valence-electron chi connectivity index (χ0n) is 5.11. The van der Waals surface area contributed by atoms with Crippen LogP contribution in [0.15, 0.2) is 6.58 Å². The van der Waals surface area contributed by atoms with Crippen LogP contribution in [0.25, 0.3) is 0 Å².